The van der Waals surface area contributed by atoms with Crippen LogP contribution in [0.3, 0.4) is 0 Å². The Bertz CT molecular complexity index is 740. The van der Waals surface area contributed by atoms with Crippen LogP contribution in [0.1, 0.15) is 0 Å². The molecule has 2 heterocycles. The van der Waals surface area contributed by atoms with Crippen LogP contribution in [-0.4, -0.2) is 66.9 Å². The van der Waals surface area contributed by atoms with Crippen LogP contribution in [0, 0.1) is 0 Å². The standard InChI is InChI=1S/C17H20ClN3O3/c1-20(11-16(22)23)9-12-10-21(7-8-24-12)15-5-6-19-17-13(15)3-2-4-14(17)18/h2-6,12H,7-11H2,1H3,(H,22,23). The van der Waals surface area contributed by atoms with Crippen LogP contribution < -0.4 is 4.90 Å². The van der Waals surface area contributed by atoms with E-state index in [9.17, 15) is 4.79 Å². The minimum Gasteiger partial charge on any atom is -0.480 e. The molecular weight excluding hydrogens is 330 g/mol. The number of likely N-dealkylation sites (N-methyl/N-ethyl adjacent to an activating group) is 1. The molecule has 128 valence electrons. The van der Waals surface area contributed by atoms with Crippen molar-refractivity contribution >= 4 is 34.2 Å². The highest BCUT2D eigenvalue weighted by atomic mass is 35.5. The summed E-state index contributed by atoms with van der Waals surface area (Å²) in [6, 6.07) is 7.77. The molecule has 0 amide bonds. The number of carbonyl (C=O) groups is 1. The van der Waals surface area contributed by atoms with Crippen molar-refractivity contribution in [2.75, 3.05) is 44.7 Å². The van der Waals surface area contributed by atoms with Crippen molar-refractivity contribution in [1.82, 2.24) is 9.88 Å². The van der Waals surface area contributed by atoms with E-state index in [1.807, 2.05) is 24.3 Å². The van der Waals surface area contributed by atoms with Crippen molar-refractivity contribution in [3.05, 3.63) is 35.5 Å². The van der Waals surface area contributed by atoms with Gasteiger partial charge >= 0.3 is 5.97 Å². The van der Waals surface area contributed by atoms with Gasteiger partial charge in [0.15, 0.2) is 0 Å². The predicted octanol–water partition coefficient (Wildman–Crippen LogP) is 2.11. The maximum absolute atomic E-state index is 10.8. The molecule has 1 fully saturated rings. The number of pyridine rings is 1. The highest BCUT2D eigenvalue weighted by Crippen LogP contribution is 2.30. The maximum atomic E-state index is 10.8. The molecule has 3 rings (SSSR count). The molecule has 1 aliphatic rings. The van der Waals surface area contributed by atoms with Gasteiger partial charge in [-0.1, -0.05) is 23.7 Å². The third kappa shape index (κ3) is 3.77. The number of halogens is 1. The molecule has 1 N–H and O–H groups in total. The molecule has 0 saturated carbocycles. The molecule has 1 unspecified atom stereocenters. The molecule has 1 atom stereocenters. The molecule has 0 radical (unpaired) electrons. The second kappa shape index (κ2) is 7.34. The smallest absolute Gasteiger partial charge is 0.317 e. The molecule has 1 aliphatic heterocycles. The Hall–Kier alpha value is -1.89. The van der Waals surface area contributed by atoms with E-state index < -0.39 is 5.97 Å². The third-order valence-electron chi connectivity index (χ3n) is 4.10. The summed E-state index contributed by atoms with van der Waals surface area (Å²) in [5, 5.41) is 10.5. The number of ether oxygens (including phenoxy) is 1. The first kappa shape index (κ1) is 17.0. The number of hydrogen-bond acceptors (Lipinski definition) is 5. The summed E-state index contributed by atoms with van der Waals surface area (Å²) in [7, 11) is 1.79. The second-order valence-electron chi connectivity index (χ2n) is 6.00. The van der Waals surface area contributed by atoms with Crippen molar-refractivity contribution in [2.24, 2.45) is 0 Å². The Kier molecular flexibility index (Phi) is 5.18. The Morgan fingerprint density at radius 3 is 3.12 bits per heavy atom. The molecule has 24 heavy (non-hydrogen) atoms. The van der Waals surface area contributed by atoms with E-state index in [-0.39, 0.29) is 12.6 Å². The molecule has 1 saturated heterocycles. The number of rotatable bonds is 5. The Labute approximate surface area is 145 Å². The van der Waals surface area contributed by atoms with Crippen LogP contribution in [0.25, 0.3) is 10.9 Å². The van der Waals surface area contributed by atoms with E-state index in [0.29, 0.717) is 24.7 Å². The van der Waals surface area contributed by atoms with Crippen LogP contribution in [0.2, 0.25) is 5.02 Å². The SMILES string of the molecule is CN(CC(=O)O)CC1CN(c2ccnc3c(Cl)cccc23)CCO1. The quantitative estimate of drug-likeness (QED) is 0.891. The summed E-state index contributed by atoms with van der Waals surface area (Å²) >= 11 is 6.25. The maximum Gasteiger partial charge on any atom is 0.317 e. The number of fused-ring (bicyclic) bond motifs is 1. The van der Waals surface area contributed by atoms with Gasteiger partial charge < -0.3 is 14.7 Å². The lowest BCUT2D eigenvalue weighted by molar-refractivity contribution is -0.138. The number of para-hydroxylation sites is 1. The lowest BCUT2D eigenvalue weighted by atomic mass is 10.1. The molecule has 0 spiro atoms. The first-order valence-corrected chi connectivity index (χ1v) is 8.22. The molecule has 1 aromatic heterocycles. The minimum absolute atomic E-state index is 0.00759. The van der Waals surface area contributed by atoms with Gasteiger partial charge in [-0.15, -0.1) is 0 Å². The van der Waals surface area contributed by atoms with Gasteiger partial charge in [0.25, 0.3) is 0 Å². The Balaban J connectivity index is 1.78. The molecule has 2 aromatic rings. The highest BCUT2D eigenvalue weighted by molar-refractivity contribution is 6.35. The van der Waals surface area contributed by atoms with Gasteiger partial charge in [0, 0.05) is 36.9 Å². The van der Waals surface area contributed by atoms with Crippen molar-refractivity contribution in [3.63, 3.8) is 0 Å². The summed E-state index contributed by atoms with van der Waals surface area (Å²) in [5.41, 5.74) is 1.87. The van der Waals surface area contributed by atoms with E-state index in [2.05, 4.69) is 9.88 Å². The summed E-state index contributed by atoms with van der Waals surface area (Å²) in [6.07, 6.45) is 1.73. The number of hydrogen-bond donors (Lipinski definition) is 1. The fourth-order valence-corrected chi connectivity index (χ4v) is 3.32. The molecule has 0 aliphatic carbocycles. The number of aromatic nitrogens is 1. The van der Waals surface area contributed by atoms with Crippen LogP contribution in [0.4, 0.5) is 5.69 Å². The van der Waals surface area contributed by atoms with Crippen LogP contribution >= 0.6 is 11.6 Å². The summed E-state index contributed by atoms with van der Waals surface area (Å²) in [5.74, 6) is -0.833. The number of aliphatic carboxylic acids is 1. The van der Waals surface area contributed by atoms with Gasteiger partial charge in [-0.05, 0) is 19.2 Å². The zero-order valence-electron chi connectivity index (χ0n) is 13.5. The summed E-state index contributed by atoms with van der Waals surface area (Å²) < 4.78 is 5.80. The van der Waals surface area contributed by atoms with E-state index in [0.717, 1.165) is 23.1 Å². The number of anilines is 1. The lowest BCUT2D eigenvalue weighted by Crippen LogP contribution is -2.47. The molecule has 6 nitrogen and oxygen atoms in total. The van der Waals surface area contributed by atoms with Gasteiger partial charge in [0.2, 0.25) is 0 Å². The summed E-state index contributed by atoms with van der Waals surface area (Å²) in [4.78, 5) is 19.2. The average Bonchev–Trinajstić information content (AvgIpc) is 2.54. The van der Waals surface area contributed by atoms with Crippen LogP contribution in [0.15, 0.2) is 30.5 Å². The van der Waals surface area contributed by atoms with Crippen molar-refractivity contribution < 1.29 is 14.6 Å². The Morgan fingerprint density at radius 2 is 2.33 bits per heavy atom. The van der Waals surface area contributed by atoms with Gasteiger partial charge in [-0.25, -0.2) is 0 Å². The highest BCUT2D eigenvalue weighted by Gasteiger charge is 2.24. The second-order valence-corrected chi connectivity index (χ2v) is 6.40. The first-order chi connectivity index (χ1) is 11.5. The molecular formula is C17H20ClN3O3. The predicted molar refractivity (Wildman–Crippen MR) is 93.8 cm³/mol. The fraction of sp³-hybridized carbons (Fsp3) is 0.412. The van der Waals surface area contributed by atoms with Gasteiger partial charge in [-0.3, -0.25) is 14.7 Å². The number of carboxylic acids is 1. The normalized spacial score (nSPS) is 18.3. The number of nitrogens with zero attached hydrogens (tertiary/aromatic N) is 3. The van der Waals surface area contributed by atoms with E-state index >= 15 is 0 Å². The molecule has 7 heteroatoms. The first-order valence-electron chi connectivity index (χ1n) is 7.84. The zero-order valence-corrected chi connectivity index (χ0v) is 14.2. The largest absolute Gasteiger partial charge is 0.480 e. The monoisotopic (exact) mass is 349 g/mol. The van der Waals surface area contributed by atoms with Crippen molar-refractivity contribution in [3.8, 4) is 0 Å². The average molecular weight is 350 g/mol. The molecule has 0 bridgehead atoms. The lowest BCUT2D eigenvalue weighted by Gasteiger charge is -2.36. The summed E-state index contributed by atoms with van der Waals surface area (Å²) in [6.45, 7) is 2.68. The topological polar surface area (TPSA) is 65.9 Å². The third-order valence-corrected chi connectivity index (χ3v) is 4.40. The Morgan fingerprint density at radius 1 is 1.50 bits per heavy atom. The van der Waals surface area contributed by atoms with Crippen molar-refractivity contribution in [2.45, 2.75) is 6.10 Å². The fourth-order valence-electron chi connectivity index (χ4n) is 3.09. The number of benzene rings is 1. The van der Waals surface area contributed by atoms with Crippen molar-refractivity contribution in [1.29, 1.82) is 0 Å². The van der Waals surface area contributed by atoms with E-state index in [4.69, 9.17) is 21.4 Å². The number of morpholine rings is 1. The van der Waals surface area contributed by atoms with Gasteiger partial charge in [0.1, 0.15) is 0 Å². The van der Waals surface area contributed by atoms with E-state index in [1.54, 1.807) is 18.1 Å². The van der Waals surface area contributed by atoms with Gasteiger partial charge in [-0.2, -0.15) is 0 Å². The van der Waals surface area contributed by atoms with Crippen LogP contribution in [-0.2, 0) is 9.53 Å². The zero-order chi connectivity index (χ0) is 17.1. The van der Waals surface area contributed by atoms with Gasteiger partial charge in [0.05, 0.1) is 29.8 Å². The molecule has 1 aromatic carbocycles. The number of carboxylic acid groups (broad SMARTS) is 1. The van der Waals surface area contributed by atoms with Crippen LogP contribution in [0.5, 0.6) is 0 Å². The van der Waals surface area contributed by atoms with E-state index in [1.165, 1.54) is 0 Å². The minimum atomic E-state index is -0.833.